The van der Waals surface area contributed by atoms with E-state index >= 15 is 0 Å². The molecule has 0 amide bonds. The van der Waals surface area contributed by atoms with E-state index in [-0.39, 0.29) is 0 Å². The van der Waals surface area contributed by atoms with Gasteiger partial charge in [-0.15, -0.1) is 0 Å². The Bertz CT molecular complexity index is 4600. The molecule has 0 radical (unpaired) electrons. The lowest BCUT2D eigenvalue weighted by molar-refractivity contribution is 0.922. The van der Waals surface area contributed by atoms with Crippen LogP contribution in [0.25, 0.3) is 0 Å². The van der Waals surface area contributed by atoms with Gasteiger partial charge in [0.15, 0.2) is 30.7 Å². The number of anilines is 12. The normalized spacial score (nSPS) is 10.1. The van der Waals surface area contributed by atoms with Gasteiger partial charge in [0.05, 0.1) is 0 Å². The number of aryl methyl sites for hydroxylation is 10. The summed E-state index contributed by atoms with van der Waals surface area (Å²) in [5, 5.41) is 41.9. The Balaban J connectivity index is 0.000000203. The highest BCUT2D eigenvalue weighted by Crippen LogP contribution is 2.22. The molecule has 0 atom stereocenters. The van der Waals surface area contributed by atoms with Crippen molar-refractivity contribution in [3.63, 3.8) is 0 Å². The first-order valence-electron chi connectivity index (χ1n) is 42.7. The summed E-state index contributed by atoms with van der Waals surface area (Å²) in [6.07, 6.45) is 13.8. The molecule has 0 heterocycles. The molecule has 642 valence electrons. The van der Waals surface area contributed by atoms with Crippen molar-refractivity contribution in [1.82, 2.24) is 0 Å². The predicted molar refractivity (Wildman–Crippen MR) is 560 cm³/mol. The number of hydrogen-bond acceptors (Lipinski definition) is 8. The Morgan fingerprint density at radius 2 is 0.350 bits per heavy atom. The lowest BCUT2D eigenvalue weighted by Crippen LogP contribution is -2.19. The molecule has 0 aliphatic heterocycles. The molecule has 12 aromatic rings. The third kappa shape index (κ3) is 38.8. The van der Waals surface area contributed by atoms with E-state index in [1.54, 1.807) is 0 Å². The van der Waals surface area contributed by atoms with Gasteiger partial charge < -0.3 is 75.3 Å². The second-order valence-electron chi connectivity index (χ2n) is 28.9. The first-order valence-corrected chi connectivity index (χ1v) is 45.2. The molecule has 12 rings (SSSR count). The summed E-state index contributed by atoms with van der Waals surface area (Å²) >= 11 is 32.0. The summed E-state index contributed by atoms with van der Waals surface area (Å²) in [4.78, 5) is 0. The van der Waals surface area contributed by atoms with Crippen molar-refractivity contribution in [2.45, 2.75) is 159 Å². The highest BCUT2D eigenvalue weighted by molar-refractivity contribution is 7.81. The molecule has 20 heteroatoms. The van der Waals surface area contributed by atoms with Crippen molar-refractivity contribution >= 4 is 172 Å². The van der Waals surface area contributed by atoms with E-state index in [4.69, 9.17) is 84.8 Å². The first kappa shape index (κ1) is 98.8. The highest BCUT2D eigenvalue weighted by Gasteiger charge is 2.08. The summed E-state index contributed by atoms with van der Waals surface area (Å²) in [7, 11) is 0. The number of nitrogens with one attached hydrogen (secondary N) is 12. The van der Waals surface area contributed by atoms with Crippen LogP contribution in [0.2, 0.25) is 0 Å². The van der Waals surface area contributed by atoms with Gasteiger partial charge in [-0.1, -0.05) is 228 Å². The Kier molecular flexibility index (Phi) is 45.3. The topological polar surface area (TPSA) is 196 Å². The maximum atomic E-state index is 5.57. The molecule has 14 nitrogen and oxygen atoms in total. The van der Waals surface area contributed by atoms with Crippen LogP contribution in [-0.4, -0.2) is 37.2 Å². The van der Waals surface area contributed by atoms with E-state index in [0.717, 1.165) is 144 Å². The number of hydrogen-bond donors (Lipinski definition) is 14. The zero-order chi connectivity index (χ0) is 88.4. The molecule has 0 aliphatic rings. The van der Waals surface area contributed by atoms with Gasteiger partial charge >= 0.3 is 0 Å². The standard InChI is InChI=1S/C19H24N2S.C17H21N3S.3C17H20N2S.C16H19N3S/c1-3-5-15-7-11-17(12-8-15)20-19(22)21-18-13-9-16(6-4-2)10-14-18;1-2-13-3-7-15(8-4-13)19-17(21)20-16-9-5-14(6-10-16)11-12-18;2*1-3-13-5-9-15(10-6-13)18-17(20)19-16-11-7-14(4-2)8-12-16;1-3-13-7-5-9-15(11-13)18-17(20)19-16-10-6-8-14(4-2)12-16;1-2-12-3-7-14(8-4-12)18-16(20)19-15-9-5-13(11-17)6-10-15/h7-14H,3-6H2,1-2H3,(H2,20,21,22);3-10H,2,11-12,18H2,1H3,(H2,19,20,21);3*5-12H,3-4H2,1-2H3,(H2,18,19,20);3-10H,2,11,17H2,1H3,(H2,18,19,20). The van der Waals surface area contributed by atoms with E-state index in [1.165, 1.54) is 74.0 Å². The van der Waals surface area contributed by atoms with Crippen molar-refractivity contribution in [3.05, 3.63) is 358 Å². The van der Waals surface area contributed by atoms with E-state index in [0.29, 0.717) is 43.8 Å². The van der Waals surface area contributed by atoms with Crippen LogP contribution in [-0.2, 0) is 77.2 Å². The Morgan fingerprint density at radius 3 is 0.512 bits per heavy atom. The molecule has 0 fully saturated rings. The van der Waals surface area contributed by atoms with Crippen LogP contribution in [0, 0.1) is 0 Å². The lowest BCUT2D eigenvalue weighted by Gasteiger charge is -2.12. The monoisotopic (exact) mass is 1750 g/mol. The number of rotatable bonds is 27. The van der Waals surface area contributed by atoms with Gasteiger partial charge in [0.2, 0.25) is 0 Å². The maximum Gasteiger partial charge on any atom is 0.175 e. The molecule has 0 aromatic heterocycles. The van der Waals surface area contributed by atoms with Gasteiger partial charge in [0.1, 0.15) is 0 Å². The van der Waals surface area contributed by atoms with Crippen LogP contribution in [0.15, 0.2) is 291 Å². The van der Waals surface area contributed by atoms with Gasteiger partial charge in [0.25, 0.3) is 0 Å². The SMILES string of the molecule is CCCc1ccc(NC(=S)Nc2ccc(CCC)cc2)cc1.CCc1ccc(NC(=S)Nc2ccc(CC)cc2)cc1.CCc1ccc(NC(=S)Nc2ccc(CC)cc2)cc1.CCc1ccc(NC(=S)Nc2ccc(CCN)cc2)cc1.CCc1ccc(NC(=S)Nc2ccc(CN)cc2)cc1.CCc1cccc(NC(=S)Nc2cccc(CC)c2)c1. The van der Waals surface area contributed by atoms with Crippen molar-refractivity contribution in [2.75, 3.05) is 70.3 Å². The van der Waals surface area contributed by atoms with Crippen molar-refractivity contribution in [3.8, 4) is 0 Å². The summed E-state index contributed by atoms with van der Waals surface area (Å²) < 4.78 is 0. The Morgan fingerprint density at radius 1 is 0.187 bits per heavy atom. The molecule has 123 heavy (non-hydrogen) atoms. The number of nitrogens with two attached hydrogens (primary N) is 2. The Hall–Kier alpha value is -11.3. The van der Waals surface area contributed by atoms with Crippen molar-refractivity contribution in [2.24, 2.45) is 11.5 Å². The molecule has 0 unspecified atom stereocenters. The molecule has 16 N–H and O–H groups in total. The van der Waals surface area contributed by atoms with E-state index in [1.807, 2.05) is 133 Å². The van der Waals surface area contributed by atoms with Crippen LogP contribution < -0.4 is 75.3 Å². The van der Waals surface area contributed by atoms with E-state index < -0.39 is 0 Å². The van der Waals surface area contributed by atoms with Crippen LogP contribution >= 0.6 is 73.3 Å². The quantitative estimate of drug-likeness (QED) is 0.0217. The molecule has 12 aromatic carbocycles. The Labute approximate surface area is 765 Å². The molecule has 0 saturated carbocycles. The van der Waals surface area contributed by atoms with Gasteiger partial charge in [-0.2, -0.15) is 0 Å². The van der Waals surface area contributed by atoms with Crippen LogP contribution in [0.4, 0.5) is 68.2 Å². The van der Waals surface area contributed by atoms with Gasteiger partial charge in [-0.3, -0.25) is 0 Å². The molecular weight excluding hydrogens is 1630 g/mol. The average molecular weight is 1750 g/mol. The molecule has 0 bridgehead atoms. The second kappa shape index (κ2) is 56.4. The fourth-order valence-electron chi connectivity index (χ4n) is 12.2. The fourth-order valence-corrected chi connectivity index (χ4v) is 13.6. The first-order chi connectivity index (χ1) is 59.7. The van der Waals surface area contributed by atoms with Crippen LogP contribution in [0.3, 0.4) is 0 Å². The minimum atomic E-state index is 0.548. The minimum absolute atomic E-state index is 0.548. The molecule has 0 saturated heterocycles. The fraction of sp³-hybridized carbons (Fsp3) is 0.243. The zero-order valence-corrected chi connectivity index (χ0v) is 77.8. The van der Waals surface area contributed by atoms with Crippen LogP contribution in [0.5, 0.6) is 0 Å². The maximum absolute atomic E-state index is 5.57. The summed E-state index contributed by atoms with van der Waals surface area (Å²) in [5.41, 5.74) is 38.7. The summed E-state index contributed by atoms with van der Waals surface area (Å²) in [5.74, 6) is 0. The predicted octanol–water partition coefficient (Wildman–Crippen LogP) is 26.3. The third-order valence-electron chi connectivity index (χ3n) is 19.5. The largest absolute Gasteiger partial charge is 0.332 e. The van der Waals surface area contributed by atoms with Crippen LogP contribution in [0.1, 0.15) is 149 Å². The number of benzene rings is 12. The van der Waals surface area contributed by atoms with Gasteiger partial charge in [-0.05, 0) is 363 Å². The van der Waals surface area contributed by atoms with Gasteiger partial charge in [-0.25, -0.2) is 0 Å². The molecule has 0 aliphatic carbocycles. The molecular formula is C103H124N14S6. The van der Waals surface area contributed by atoms with E-state index in [9.17, 15) is 0 Å². The van der Waals surface area contributed by atoms with Crippen molar-refractivity contribution in [1.29, 1.82) is 0 Å². The van der Waals surface area contributed by atoms with E-state index in [2.05, 4.69) is 291 Å². The molecule has 0 spiro atoms. The zero-order valence-electron chi connectivity index (χ0n) is 72.9. The summed E-state index contributed by atoms with van der Waals surface area (Å²) in [6.45, 7) is 22.8. The number of thiocarbonyl (C=S) groups is 6. The third-order valence-corrected chi connectivity index (χ3v) is 20.7. The van der Waals surface area contributed by atoms with Crippen molar-refractivity contribution < 1.29 is 0 Å². The van der Waals surface area contributed by atoms with Gasteiger partial charge in [0, 0.05) is 74.8 Å². The highest BCUT2D eigenvalue weighted by atomic mass is 32.1. The smallest absolute Gasteiger partial charge is 0.175 e. The average Bonchev–Trinajstić information content (AvgIpc) is 0.893. The summed E-state index contributed by atoms with van der Waals surface area (Å²) in [6, 6.07) is 99.4. The lowest BCUT2D eigenvalue weighted by atomic mass is 10.1. The minimum Gasteiger partial charge on any atom is -0.332 e. The second-order valence-corrected chi connectivity index (χ2v) is 31.4.